The SMILES string of the molecule is CC1CCC(C)(O)C2CCCCC12. The Labute approximate surface area is 81.5 Å². The summed E-state index contributed by atoms with van der Waals surface area (Å²) in [5.41, 5.74) is -0.350. The number of hydrogen-bond acceptors (Lipinski definition) is 1. The van der Waals surface area contributed by atoms with E-state index in [0.29, 0.717) is 5.92 Å². The molecule has 1 nitrogen and oxygen atoms in total. The van der Waals surface area contributed by atoms with Crippen LogP contribution in [0.1, 0.15) is 52.4 Å². The first-order valence-electron chi connectivity index (χ1n) is 5.83. The van der Waals surface area contributed by atoms with E-state index < -0.39 is 0 Å². The second kappa shape index (κ2) is 3.27. The maximum absolute atomic E-state index is 10.3. The molecule has 0 radical (unpaired) electrons. The predicted octanol–water partition coefficient (Wildman–Crippen LogP) is 2.97. The molecule has 13 heavy (non-hydrogen) atoms. The Hall–Kier alpha value is -0.0400. The Morgan fingerprint density at radius 2 is 1.85 bits per heavy atom. The van der Waals surface area contributed by atoms with Gasteiger partial charge in [-0.25, -0.2) is 0 Å². The third-order valence-electron chi connectivity index (χ3n) is 4.45. The minimum atomic E-state index is -0.350. The molecule has 2 rings (SSSR count). The fraction of sp³-hybridized carbons (Fsp3) is 1.00. The van der Waals surface area contributed by atoms with E-state index in [1.807, 2.05) is 0 Å². The van der Waals surface area contributed by atoms with Gasteiger partial charge in [0.05, 0.1) is 5.60 Å². The molecule has 0 spiro atoms. The smallest absolute Gasteiger partial charge is 0.0650 e. The van der Waals surface area contributed by atoms with Crippen LogP contribution in [0.25, 0.3) is 0 Å². The van der Waals surface area contributed by atoms with E-state index >= 15 is 0 Å². The van der Waals surface area contributed by atoms with Gasteiger partial charge in [-0.05, 0) is 50.4 Å². The van der Waals surface area contributed by atoms with Crippen molar-refractivity contribution < 1.29 is 5.11 Å². The molecule has 2 saturated carbocycles. The fourth-order valence-corrected chi connectivity index (χ4v) is 3.53. The molecule has 2 aliphatic rings. The number of aliphatic hydroxyl groups is 1. The van der Waals surface area contributed by atoms with Crippen molar-refractivity contribution in [1.82, 2.24) is 0 Å². The van der Waals surface area contributed by atoms with Crippen molar-refractivity contribution in [3.05, 3.63) is 0 Å². The van der Waals surface area contributed by atoms with E-state index in [1.54, 1.807) is 0 Å². The van der Waals surface area contributed by atoms with Gasteiger partial charge in [-0.15, -0.1) is 0 Å². The standard InChI is InChI=1S/C12H22O/c1-9-7-8-12(2,13)11-6-4-3-5-10(9)11/h9-11,13H,3-8H2,1-2H3. The van der Waals surface area contributed by atoms with Gasteiger partial charge in [-0.1, -0.05) is 19.8 Å². The highest BCUT2D eigenvalue weighted by Gasteiger charge is 2.44. The molecule has 1 N–H and O–H groups in total. The first-order valence-corrected chi connectivity index (χ1v) is 5.83. The van der Waals surface area contributed by atoms with Crippen molar-refractivity contribution in [3.8, 4) is 0 Å². The fourth-order valence-electron chi connectivity index (χ4n) is 3.53. The van der Waals surface area contributed by atoms with Crippen LogP contribution < -0.4 is 0 Å². The molecule has 0 amide bonds. The Morgan fingerprint density at radius 3 is 2.54 bits per heavy atom. The number of fused-ring (bicyclic) bond motifs is 1. The second-order valence-corrected chi connectivity index (χ2v) is 5.43. The predicted molar refractivity (Wildman–Crippen MR) is 54.5 cm³/mol. The lowest BCUT2D eigenvalue weighted by Crippen LogP contribution is -2.47. The van der Waals surface area contributed by atoms with E-state index in [4.69, 9.17) is 0 Å². The molecular weight excluding hydrogens is 160 g/mol. The summed E-state index contributed by atoms with van der Waals surface area (Å²) in [6, 6.07) is 0. The molecule has 4 atom stereocenters. The van der Waals surface area contributed by atoms with Crippen LogP contribution in [0.15, 0.2) is 0 Å². The Kier molecular flexibility index (Phi) is 2.39. The maximum Gasteiger partial charge on any atom is 0.0650 e. The molecule has 0 bridgehead atoms. The van der Waals surface area contributed by atoms with Crippen LogP contribution in [0, 0.1) is 17.8 Å². The lowest BCUT2D eigenvalue weighted by Gasteiger charge is -2.48. The van der Waals surface area contributed by atoms with E-state index in [1.165, 1.54) is 32.1 Å². The molecule has 0 heterocycles. The molecular formula is C12H22O. The van der Waals surface area contributed by atoms with E-state index in [2.05, 4.69) is 13.8 Å². The summed E-state index contributed by atoms with van der Waals surface area (Å²) in [7, 11) is 0. The topological polar surface area (TPSA) is 20.2 Å². The zero-order valence-corrected chi connectivity index (χ0v) is 8.92. The van der Waals surface area contributed by atoms with Gasteiger partial charge in [0, 0.05) is 0 Å². The summed E-state index contributed by atoms with van der Waals surface area (Å²) in [5, 5.41) is 10.3. The molecule has 0 aromatic rings. The maximum atomic E-state index is 10.3. The Balaban J connectivity index is 2.14. The molecule has 2 fully saturated rings. The zero-order valence-electron chi connectivity index (χ0n) is 8.92. The van der Waals surface area contributed by atoms with Crippen LogP contribution in [0.4, 0.5) is 0 Å². The first-order chi connectivity index (χ1) is 6.11. The van der Waals surface area contributed by atoms with Crippen LogP contribution in [0.5, 0.6) is 0 Å². The van der Waals surface area contributed by atoms with Gasteiger partial charge in [0.15, 0.2) is 0 Å². The lowest BCUT2D eigenvalue weighted by atomic mass is 9.60. The van der Waals surface area contributed by atoms with E-state index in [9.17, 15) is 5.11 Å². The molecule has 2 aliphatic carbocycles. The van der Waals surface area contributed by atoms with Crippen molar-refractivity contribution in [1.29, 1.82) is 0 Å². The third-order valence-corrected chi connectivity index (χ3v) is 4.45. The molecule has 0 aromatic carbocycles. The summed E-state index contributed by atoms with van der Waals surface area (Å²) in [6.45, 7) is 4.43. The highest BCUT2D eigenvalue weighted by atomic mass is 16.3. The monoisotopic (exact) mass is 182 g/mol. The average Bonchev–Trinajstić information content (AvgIpc) is 2.13. The minimum Gasteiger partial charge on any atom is -0.390 e. The molecule has 0 aromatic heterocycles. The van der Waals surface area contributed by atoms with Gasteiger partial charge in [-0.3, -0.25) is 0 Å². The normalized spacial score (nSPS) is 51.5. The summed E-state index contributed by atoms with van der Waals surface area (Å²) in [4.78, 5) is 0. The third kappa shape index (κ3) is 1.63. The Bertz CT molecular complexity index is 186. The van der Waals surface area contributed by atoms with Crippen LogP contribution >= 0.6 is 0 Å². The van der Waals surface area contributed by atoms with Crippen LogP contribution in [0.3, 0.4) is 0 Å². The number of hydrogen-bond donors (Lipinski definition) is 1. The van der Waals surface area contributed by atoms with Crippen molar-refractivity contribution in [2.45, 2.75) is 58.0 Å². The van der Waals surface area contributed by atoms with Crippen LogP contribution in [-0.2, 0) is 0 Å². The molecule has 4 unspecified atom stereocenters. The second-order valence-electron chi connectivity index (χ2n) is 5.43. The highest BCUT2D eigenvalue weighted by molar-refractivity contribution is 4.95. The Morgan fingerprint density at radius 1 is 1.15 bits per heavy atom. The van der Waals surface area contributed by atoms with Gasteiger partial charge < -0.3 is 5.11 Å². The summed E-state index contributed by atoms with van der Waals surface area (Å²) >= 11 is 0. The van der Waals surface area contributed by atoms with Crippen molar-refractivity contribution in [3.63, 3.8) is 0 Å². The first kappa shape index (κ1) is 9.51. The summed E-state index contributed by atoms with van der Waals surface area (Å²) in [6.07, 6.45) is 7.61. The van der Waals surface area contributed by atoms with Crippen LogP contribution in [0.2, 0.25) is 0 Å². The summed E-state index contributed by atoms with van der Waals surface area (Å²) < 4.78 is 0. The minimum absolute atomic E-state index is 0.350. The van der Waals surface area contributed by atoms with Gasteiger partial charge >= 0.3 is 0 Å². The quantitative estimate of drug-likeness (QED) is 0.610. The highest BCUT2D eigenvalue weighted by Crippen LogP contribution is 2.48. The largest absolute Gasteiger partial charge is 0.390 e. The van der Waals surface area contributed by atoms with E-state index in [0.717, 1.165) is 18.3 Å². The lowest BCUT2D eigenvalue weighted by molar-refractivity contribution is -0.0920. The molecule has 1 heteroatoms. The van der Waals surface area contributed by atoms with Gasteiger partial charge in [-0.2, -0.15) is 0 Å². The van der Waals surface area contributed by atoms with Crippen LogP contribution in [-0.4, -0.2) is 10.7 Å². The van der Waals surface area contributed by atoms with Gasteiger partial charge in [0.2, 0.25) is 0 Å². The molecule has 0 saturated heterocycles. The van der Waals surface area contributed by atoms with Crippen molar-refractivity contribution >= 4 is 0 Å². The van der Waals surface area contributed by atoms with E-state index in [-0.39, 0.29) is 5.60 Å². The summed E-state index contributed by atoms with van der Waals surface area (Å²) in [5.74, 6) is 2.27. The van der Waals surface area contributed by atoms with Crippen molar-refractivity contribution in [2.75, 3.05) is 0 Å². The number of rotatable bonds is 0. The van der Waals surface area contributed by atoms with Gasteiger partial charge in [0.25, 0.3) is 0 Å². The van der Waals surface area contributed by atoms with Crippen molar-refractivity contribution in [2.24, 2.45) is 17.8 Å². The van der Waals surface area contributed by atoms with Gasteiger partial charge in [0.1, 0.15) is 0 Å². The molecule has 76 valence electrons. The molecule has 0 aliphatic heterocycles. The zero-order chi connectivity index (χ0) is 9.47. The average molecular weight is 182 g/mol.